The van der Waals surface area contributed by atoms with Crippen LogP contribution in [0, 0.1) is 0 Å². The van der Waals surface area contributed by atoms with Crippen LogP contribution in [0.1, 0.15) is 0 Å². The van der Waals surface area contributed by atoms with Crippen LogP contribution in [0.2, 0.25) is 0 Å². The zero-order valence-electron chi connectivity index (χ0n) is 16.8. The molecule has 0 atom stereocenters. The molecule has 0 N–H and O–H groups in total. The van der Waals surface area contributed by atoms with Gasteiger partial charge in [0.15, 0.2) is 0 Å². The van der Waals surface area contributed by atoms with E-state index >= 15 is 0 Å². The van der Waals surface area contributed by atoms with E-state index in [0.29, 0.717) is 0 Å². The summed E-state index contributed by atoms with van der Waals surface area (Å²) in [6, 6.07) is 38.5. The molecule has 0 aliphatic heterocycles. The van der Waals surface area contributed by atoms with Crippen LogP contribution < -0.4 is 0 Å². The van der Waals surface area contributed by atoms with Gasteiger partial charge in [-0.2, -0.15) is 0 Å². The first-order valence-electron chi connectivity index (χ1n) is 10.4. The summed E-state index contributed by atoms with van der Waals surface area (Å²) in [5.74, 6) is 0. The Balaban J connectivity index is 0.000000126. The van der Waals surface area contributed by atoms with Gasteiger partial charge >= 0.3 is 0 Å². The SMILES string of the molecule is c1ccc2c(c1)c1ccccc1c1ccccc21.c1ccc2c(c1)sc1cccnc12. The highest BCUT2D eigenvalue weighted by Crippen LogP contribution is 2.34. The standard InChI is InChI=1S/C18H12.C11H7NS/c1-2-8-14-13(7-1)15-9-3-4-11-17(15)18-12-6-5-10-16(14)18;1-2-5-9-8(4-1)11-10(13-9)6-3-7-12-11/h1-12H;1-7H. The van der Waals surface area contributed by atoms with Gasteiger partial charge in [0.05, 0.1) is 10.2 Å². The van der Waals surface area contributed by atoms with E-state index < -0.39 is 0 Å². The predicted molar refractivity (Wildman–Crippen MR) is 136 cm³/mol. The van der Waals surface area contributed by atoms with Crippen molar-refractivity contribution in [3.63, 3.8) is 0 Å². The van der Waals surface area contributed by atoms with Gasteiger partial charge in [0.2, 0.25) is 0 Å². The molecule has 0 radical (unpaired) electrons. The van der Waals surface area contributed by atoms with Gasteiger partial charge in [-0.25, -0.2) is 0 Å². The highest BCUT2D eigenvalue weighted by atomic mass is 32.1. The predicted octanol–water partition coefficient (Wildman–Crippen LogP) is 8.60. The fourth-order valence-electron chi connectivity index (χ4n) is 4.40. The van der Waals surface area contributed by atoms with Gasteiger partial charge in [0.25, 0.3) is 0 Å². The van der Waals surface area contributed by atoms with Crippen LogP contribution in [-0.2, 0) is 0 Å². The van der Waals surface area contributed by atoms with E-state index in [1.807, 2.05) is 12.3 Å². The molecule has 0 unspecified atom stereocenters. The van der Waals surface area contributed by atoms with Gasteiger partial charge in [0, 0.05) is 16.3 Å². The second-order valence-corrected chi connectivity index (χ2v) is 8.67. The maximum absolute atomic E-state index is 4.38. The zero-order valence-corrected chi connectivity index (χ0v) is 17.6. The summed E-state index contributed by atoms with van der Waals surface area (Å²) in [5, 5.41) is 9.30. The monoisotopic (exact) mass is 413 g/mol. The number of rotatable bonds is 0. The lowest BCUT2D eigenvalue weighted by Crippen LogP contribution is -1.81. The number of thiophene rings is 1. The molecule has 0 saturated heterocycles. The summed E-state index contributed by atoms with van der Waals surface area (Å²) in [6.07, 6.45) is 1.85. The van der Waals surface area contributed by atoms with Gasteiger partial charge < -0.3 is 0 Å². The fraction of sp³-hybridized carbons (Fsp3) is 0. The Bertz CT molecular complexity index is 1420. The number of pyridine rings is 1. The lowest BCUT2D eigenvalue weighted by molar-refractivity contribution is 1.44. The molecule has 0 saturated carbocycles. The molecule has 31 heavy (non-hydrogen) atoms. The molecule has 5 aromatic carbocycles. The fourth-order valence-corrected chi connectivity index (χ4v) is 5.47. The van der Waals surface area contributed by atoms with E-state index in [1.165, 1.54) is 47.1 Å². The second-order valence-electron chi connectivity index (χ2n) is 7.59. The summed E-state index contributed by atoms with van der Waals surface area (Å²) >= 11 is 1.80. The molecule has 7 aromatic rings. The molecule has 0 aliphatic carbocycles. The maximum Gasteiger partial charge on any atom is 0.0888 e. The second kappa shape index (κ2) is 7.50. The van der Waals surface area contributed by atoms with Gasteiger partial charge in [-0.1, -0.05) is 91.0 Å². The van der Waals surface area contributed by atoms with E-state index in [9.17, 15) is 0 Å². The first kappa shape index (κ1) is 18.1. The number of hydrogen-bond donors (Lipinski definition) is 0. The molecule has 0 fully saturated rings. The van der Waals surface area contributed by atoms with Crippen molar-refractivity contribution in [2.45, 2.75) is 0 Å². The molecule has 2 heterocycles. The van der Waals surface area contributed by atoms with Crippen LogP contribution in [0.3, 0.4) is 0 Å². The summed E-state index contributed by atoms with van der Waals surface area (Å²) in [6.45, 7) is 0. The smallest absolute Gasteiger partial charge is 0.0888 e. The van der Waals surface area contributed by atoms with Crippen molar-refractivity contribution >= 4 is 64.0 Å². The first-order valence-corrected chi connectivity index (χ1v) is 11.2. The van der Waals surface area contributed by atoms with E-state index in [-0.39, 0.29) is 0 Å². The van der Waals surface area contributed by atoms with Gasteiger partial charge in [0.1, 0.15) is 0 Å². The number of nitrogens with zero attached hydrogens (tertiary/aromatic N) is 1. The molecule has 1 nitrogen and oxygen atoms in total. The van der Waals surface area contributed by atoms with E-state index in [2.05, 4.69) is 108 Å². The highest BCUT2D eigenvalue weighted by Gasteiger charge is 2.06. The summed E-state index contributed by atoms with van der Waals surface area (Å²) in [4.78, 5) is 4.38. The number of fused-ring (bicyclic) bond motifs is 9. The average Bonchev–Trinajstić information content (AvgIpc) is 3.24. The minimum absolute atomic E-state index is 1.13. The third kappa shape index (κ3) is 3.04. The van der Waals surface area contributed by atoms with Crippen molar-refractivity contribution in [1.82, 2.24) is 4.98 Å². The average molecular weight is 414 g/mol. The van der Waals surface area contributed by atoms with Crippen LogP contribution in [0.4, 0.5) is 0 Å². The molecule has 0 aliphatic rings. The summed E-state index contributed by atoms with van der Waals surface area (Å²) < 4.78 is 2.58. The molecule has 0 bridgehead atoms. The van der Waals surface area contributed by atoms with E-state index in [0.717, 1.165) is 5.52 Å². The molecule has 146 valence electrons. The Morgan fingerprint density at radius 2 is 0.774 bits per heavy atom. The van der Waals surface area contributed by atoms with Crippen molar-refractivity contribution in [2.24, 2.45) is 0 Å². The Morgan fingerprint density at radius 1 is 0.387 bits per heavy atom. The number of aromatic nitrogens is 1. The minimum Gasteiger partial charge on any atom is -0.255 e. The topological polar surface area (TPSA) is 12.9 Å². The van der Waals surface area contributed by atoms with Crippen LogP contribution >= 0.6 is 11.3 Å². The van der Waals surface area contributed by atoms with Crippen molar-refractivity contribution in [3.8, 4) is 0 Å². The normalized spacial score (nSPS) is 11.2. The largest absolute Gasteiger partial charge is 0.255 e. The van der Waals surface area contributed by atoms with Crippen molar-refractivity contribution in [2.75, 3.05) is 0 Å². The Labute approximate surface area is 184 Å². The maximum atomic E-state index is 4.38. The van der Waals surface area contributed by atoms with Gasteiger partial charge in [-0.15, -0.1) is 11.3 Å². The molecule has 2 heteroatoms. The van der Waals surface area contributed by atoms with Crippen LogP contribution in [-0.4, -0.2) is 4.98 Å². The Morgan fingerprint density at radius 3 is 1.26 bits per heavy atom. The summed E-state index contributed by atoms with van der Waals surface area (Å²) in [5.41, 5.74) is 1.13. The number of benzene rings is 5. The van der Waals surface area contributed by atoms with Crippen molar-refractivity contribution < 1.29 is 0 Å². The van der Waals surface area contributed by atoms with Crippen molar-refractivity contribution in [1.29, 1.82) is 0 Å². The lowest BCUT2D eigenvalue weighted by atomic mass is 9.95. The minimum atomic E-state index is 1.13. The highest BCUT2D eigenvalue weighted by molar-refractivity contribution is 7.25. The first-order chi connectivity index (χ1) is 15.4. The molecular formula is C29H19NS. The van der Waals surface area contributed by atoms with Gasteiger partial charge in [-0.05, 0) is 50.5 Å². The molecule has 2 aromatic heterocycles. The third-order valence-electron chi connectivity index (χ3n) is 5.78. The van der Waals surface area contributed by atoms with Gasteiger partial charge in [-0.3, -0.25) is 4.98 Å². The van der Waals surface area contributed by atoms with E-state index in [1.54, 1.807) is 11.3 Å². The molecule has 0 spiro atoms. The lowest BCUT2D eigenvalue weighted by Gasteiger charge is -2.09. The third-order valence-corrected chi connectivity index (χ3v) is 6.91. The Kier molecular flexibility index (Phi) is 4.37. The molecule has 0 amide bonds. The Hall–Kier alpha value is -3.75. The van der Waals surface area contributed by atoms with Crippen LogP contribution in [0.5, 0.6) is 0 Å². The summed E-state index contributed by atoms with van der Waals surface area (Å²) in [7, 11) is 0. The molecular weight excluding hydrogens is 394 g/mol. The number of hydrogen-bond acceptors (Lipinski definition) is 2. The van der Waals surface area contributed by atoms with Crippen molar-refractivity contribution in [3.05, 3.63) is 115 Å². The zero-order chi connectivity index (χ0) is 20.6. The molecule has 7 rings (SSSR count). The van der Waals surface area contributed by atoms with Crippen LogP contribution in [0.25, 0.3) is 52.6 Å². The van der Waals surface area contributed by atoms with Crippen LogP contribution in [0.15, 0.2) is 115 Å². The van der Waals surface area contributed by atoms with E-state index in [4.69, 9.17) is 0 Å². The quantitative estimate of drug-likeness (QED) is 0.227.